The molecule has 0 saturated heterocycles. The van der Waals surface area contributed by atoms with Crippen LogP contribution in [-0.2, 0) is 19.1 Å². The van der Waals surface area contributed by atoms with Crippen LogP contribution in [0.5, 0.6) is 0 Å². The van der Waals surface area contributed by atoms with Crippen LogP contribution in [-0.4, -0.2) is 27.3 Å². The lowest BCUT2D eigenvalue weighted by Crippen LogP contribution is -2.25. The number of alkyl halides is 3. The van der Waals surface area contributed by atoms with Crippen molar-refractivity contribution in [3.8, 4) is 0 Å². The maximum Gasteiger partial charge on any atom is 0.333 e. The topological polar surface area (TPSA) is 52.6 Å². The third-order valence-corrected chi connectivity index (χ3v) is 2.32. The van der Waals surface area contributed by atoms with Gasteiger partial charge in [0.1, 0.15) is 5.33 Å². The van der Waals surface area contributed by atoms with Gasteiger partial charge in [-0.25, -0.2) is 4.79 Å². The number of allylic oxidation sites excluding steroid dienone is 1. The maximum atomic E-state index is 11.1. The fourth-order valence-corrected chi connectivity index (χ4v) is 0.935. The van der Waals surface area contributed by atoms with E-state index in [0.717, 1.165) is 0 Å². The predicted molar refractivity (Wildman–Crippen MR) is 66.2 cm³/mol. The fourth-order valence-electron chi connectivity index (χ4n) is 0.587. The van der Waals surface area contributed by atoms with Gasteiger partial charge in [-0.3, -0.25) is 4.79 Å². The summed E-state index contributed by atoms with van der Waals surface area (Å²) in [5.74, 6) is -1.08. The molecule has 0 amide bonds. The summed E-state index contributed by atoms with van der Waals surface area (Å²) in [5.41, 5.74) is 0. The number of halogens is 3. The highest BCUT2D eigenvalue weighted by atomic mass is 79.9. The zero-order valence-electron chi connectivity index (χ0n) is 7.78. The van der Waals surface area contributed by atoms with Crippen LogP contribution in [0.1, 0.15) is 6.92 Å². The Balaban J connectivity index is 4.28. The second-order valence-corrected chi connectivity index (χ2v) is 5.88. The molecule has 0 bridgehead atoms. The van der Waals surface area contributed by atoms with E-state index in [1.54, 1.807) is 13.0 Å². The van der Waals surface area contributed by atoms with Gasteiger partial charge >= 0.3 is 11.9 Å². The average Bonchev–Trinajstić information content (AvgIpc) is 2.17. The average molecular weight is 409 g/mol. The Morgan fingerprint density at radius 3 is 2.33 bits per heavy atom. The van der Waals surface area contributed by atoms with Gasteiger partial charge in [0.25, 0.3) is 6.29 Å². The van der Waals surface area contributed by atoms with Crippen molar-refractivity contribution < 1.29 is 19.1 Å². The van der Waals surface area contributed by atoms with Gasteiger partial charge in [-0.1, -0.05) is 53.9 Å². The molecule has 0 rings (SSSR count). The molecule has 4 nitrogen and oxygen atoms in total. The zero-order chi connectivity index (χ0) is 11.8. The molecule has 0 saturated carbocycles. The Morgan fingerprint density at radius 1 is 1.33 bits per heavy atom. The summed E-state index contributed by atoms with van der Waals surface area (Å²) < 4.78 is 9.02. The highest BCUT2D eigenvalue weighted by molar-refractivity contribution is 9.25. The van der Waals surface area contributed by atoms with E-state index < -0.39 is 22.0 Å². The van der Waals surface area contributed by atoms with Gasteiger partial charge in [0.2, 0.25) is 0 Å². The molecule has 15 heavy (non-hydrogen) atoms. The third-order valence-electron chi connectivity index (χ3n) is 1.12. The summed E-state index contributed by atoms with van der Waals surface area (Å²) in [4.78, 5) is 22.1. The second kappa shape index (κ2) is 8.29. The Bertz CT molecular complexity index is 252. The number of carbonyl (C=O) groups is 2. The molecular weight excluding hydrogens is 400 g/mol. The quantitative estimate of drug-likeness (QED) is 0.303. The Kier molecular flexibility index (Phi) is 8.36. The summed E-state index contributed by atoms with van der Waals surface area (Å²) in [6.45, 7) is 1.72. The van der Waals surface area contributed by atoms with Crippen LogP contribution in [0.15, 0.2) is 12.2 Å². The van der Waals surface area contributed by atoms with Crippen molar-refractivity contribution >= 4 is 59.7 Å². The number of esters is 2. The minimum absolute atomic E-state index is 0.0463. The first-order chi connectivity index (χ1) is 7.01. The summed E-state index contributed by atoms with van der Waals surface area (Å²) in [6.07, 6.45) is 2.09. The molecule has 0 fully saturated rings. The standard InChI is InChI=1S/C8H9Br3O4/c1-2-3-6(14-5(12)4-9)15-8(13)7(10)11/h2-3,6-7H,4H2,1H3. The van der Waals surface area contributed by atoms with Gasteiger partial charge in [-0.15, -0.1) is 0 Å². The van der Waals surface area contributed by atoms with Crippen molar-refractivity contribution in [1.82, 2.24) is 0 Å². The van der Waals surface area contributed by atoms with Gasteiger partial charge in [0.15, 0.2) is 3.74 Å². The summed E-state index contributed by atoms with van der Waals surface area (Å²) >= 11 is 8.87. The number of rotatable bonds is 5. The Morgan fingerprint density at radius 2 is 1.93 bits per heavy atom. The van der Waals surface area contributed by atoms with Crippen molar-refractivity contribution in [2.24, 2.45) is 0 Å². The molecule has 0 aromatic carbocycles. The molecule has 0 aliphatic carbocycles. The molecule has 0 N–H and O–H groups in total. The molecule has 7 heteroatoms. The zero-order valence-corrected chi connectivity index (χ0v) is 12.5. The SMILES string of the molecule is CC=CC(OC(=O)CBr)OC(=O)C(Br)Br. The highest BCUT2D eigenvalue weighted by Gasteiger charge is 2.19. The van der Waals surface area contributed by atoms with Crippen molar-refractivity contribution in [2.45, 2.75) is 17.0 Å². The van der Waals surface area contributed by atoms with Crippen LogP contribution in [0.4, 0.5) is 0 Å². The molecular formula is C8H9Br3O4. The molecule has 0 aromatic heterocycles. The van der Waals surface area contributed by atoms with E-state index >= 15 is 0 Å². The van der Waals surface area contributed by atoms with E-state index in [1.165, 1.54) is 6.08 Å². The van der Waals surface area contributed by atoms with Crippen molar-refractivity contribution in [3.63, 3.8) is 0 Å². The molecule has 1 unspecified atom stereocenters. The van der Waals surface area contributed by atoms with Crippen molar-refractivity contribution in [3.05, 3.63) is 12.2 Å². The van der Waals surface area contributed by atoms with Crippen molar-refractivity contribution in [2.75, 3.05) is 5.33 Å². The minimum Gasteiger partial charge on any atom is -0.421 e. The van der Waals surface area contributed by atoms with E-state index in [9.17, 15) is 9.59 Å². The lowest BCUT2D eigenvalue weighted by atomic mass is 10.5. The number of carbonyl (C=O) groups excluding carboxylic acids is 2. The summed E-state index contributed by atoms with van der Waals surface area (Å²) in [5, 5.41) is 0.0463. The third kappa shape index (κ3) is 7.08. The van der Waals surface area contributed by atoms with E-state index in [0.29, 0.717) is 0 Å². The van der Waals surface area contributed by atoms with Crippen LogP contribution in [0.25, 0.3) is 0 Å². The Hall–Kier alpha value is 0.120. The van der Waals surface area contributed by atoms with Crippen molar-refractivity contribution in [1.29, 1.82) is 0 Å². The molecule has 0 heterocycles. The normalized spacial score (nSPS) is 12.9. The smallest absolute Gasteiger partial charge is 0.333 e. The number of hydrogen-bond acceptors (Lipinski definition) is 4. The summed E-state index contributed by atoms with van der Waals surface area (Å²) in [6, 6.07) is 0. The van der Waals surface area contributed by atoms with Gasteiger partial charge < -0.3 is 9.47 Å². The van der Waals surface area contributed by atoms with Crippen LogP contribution in [0.3, 0.4) is 0 Å². The van der Waals surface area contributed by atoms with E-state index in [2.05, 4.69) is 47.8 Å². The molecule has 0 radical (unpaired) electrons. The first-order valence-corrected chi connectivity index (χ1v) is 6.83. The highest BCUT2D eigenvalue weighted by Crippen LogP contribution is 2.12. The van der Waals surface area contributed by atoms with E-state index in [4.69, 9.17) is 9.47 Å². The molecule has 0 aromatic rings. The monoisotopic (exact) mass is 406 g/mol. The molecule has 86 valence electrons. The molecule has 0 aliphatic rings. The van der Waals surface area contributed by atoms with Gasteiger partial charge in [-0.2, -0.15) is 0 Å². The lowest BCUT2D eigenvalue weighted by Gasteiger charge is -2.14. The first-order valence-electron chi connectivity index (χ1n) is 3.88. The molecule has 0 aliphatic heterocycles. The predicted octanol–water partition coefficient (Wildman–Crippen LogP) is 2.49. The first kappa shape index (κ1) is 15.1. The molecule has 0 spiro atoms. The van der Waals surface area contributed by atoms with Crippen LogP contribution < -0.4 is 0 Å². The van der Waals surface area contributed by atoms with E-state index in [1.807, 2.05) is 0 Å². The number of hydrogen-bond donors (Lipinski definition) is 0. The van der Waals surface area contributed by atoms with Gasteiger partial charge in [0, 0.05) is 0 Å². The molecule has 1 atom stereocenters. The fraction of sp³-hybridized carbons (Fsp3) is 0.500. The number of ether oxygens (including phenoxy) is 2. The van der Waals surface area contributed by atoms with Gasteiger partial charge in [-0.05, 0) is 13.0 Å². The minimum atomic E-state index is -0.995. The Labute approximate surface area is 113 Å². The summed E-state index contributed by atoms with van der Waals surface area (Å²) in [7, 11) is 0. The van der Waals surface area contributed by atoms with Crippen LogP contribution >= 0.6 is 47.8 Å². The lowest BCUT2D eigenvalue weighted by molar-refractivity contribution is -0.175. The van der Waals surface area contributed by atoms with Crippen LogP contribution in [0.2, 0.25) is 0 Å². The van der Waals surface area contributed by atoms with Crippen LogP contribution in [0, 0.1) is 0 Å². The maximum absolute atomic E-state index is 11.1. The van der Waals surface area contributed by atoms with Gasteiger partial charge in [0.05, 0.1) is 0 Å². The second-order valence-electron chi connectivity index (χ2n) is 2.26. The largest absolute Gasteiger partial charge is 0.421 e. The van der Waals surface area contributed by atoms with E-state index in [-0.39, 0.29) is 5.33 Å².